The molecule has 1 heterocycles. The molecular weight excluding hydrogens is 146 g/mol. The normalized spacial score (nSPS) is 9.55. The third kappa shape index (κ3) is 1.46. The van der Waals surface area contributed by atoms with Crippen molar-refractivity contribution >= 4 is 11.5 Å². The van der Waals surface area contributed by atoms with Crippen molar-refractivity contribution in [2.75, 3.05) is 0 Å². The van der Waals surface area contributed by atoms with E-state index < -0.39 is 5.97 Å². The number of allylic oxidation sites excluding steroid dienone is 1. The van der Waals surface area contributed by atoms with Crippen molar-refractivity contribution in [2.24, 2.45) is 0 Å². The number of carboxylic acid groups (broad SMARTS) is 1. The van der Waals surface area contributed by atoms with E-state index in [4.69, 9.17) is 9.52 Å². The molecular formula is C7H7NO3. The summed E-state index contributed by atoms with van der Waals surface area (Å²) >= 11 is 0. The van der Waals surface area contributed by atoms with Gasteiger partial charge in [-0.25, -0.2) is 9.78 Å². The summed E-state index contributed by atoms with van der Waals surface area (Å²) in [5.41, 5.74) is 0.609. The number of aromatic nitrogens is 1. The zero-order valence-corrected chi connectivity index (χ0v) is 6.00. The van der Waals surface area contributed by atoms with Gasteiger partial charge in [-0.3, -0.25) is 0 Å². The number of rotatable bonds is 2. The number of aromatic carboxylic acids is 1. The van der Waals surface area contributed by atoms with Gasteiger partial charge in [-0.2, -0.15) is 0 Å². The summed E-state index contributed by atoms with van der Waals surface area (Å²) in [5.74, 6) is -1.02. The fourth-order valence-electron chi connectivity index (χ4n) is 0.570. The Morgan fingerprint density at radius 3 is 2.73 bits per heavy atom. The molecule has 0 aliphatic rings. The van der Waals surface area contributed by atoms with E-state index in [9.17, 15) is 4.79 Å². The van der Waals surface area contributed by atoms with Crippen LogP contribution in [-0.4, -0.2) is 16.1 Å². The maximum Gasteiger partial charge on any atom is 0.373 e. The molecule has 0 radical (unpaired) electrons. The Morgan fingerprint density at radius 2 is 2.45 bits per heavy atom. The van der Waals surface area contributed by atoms with Crippen LogP contribution in [0.25, 0.3) is 5.57 Å². The maximum atomic E-state index is 10.3. The molecule has 0 aliphatic heterocycles. The lowest BCUT2D eigenvalue weighted by Gasteiger charge is -1.87. The van der Waals surface area contributed by atoms with E-state index in [-0.39, 0.29) is 11.7 Å². The molecule has 0 aromatic carbocycles. The van der Waals surface area contributed by atoms with Crippen molar-refractivity contribution in [2.45, 2.75) is 6.92 Å². The number of carbonyl (C=O) groups is 1. The highest BCUT2D eigenvalue weighted by Gasteiger charge is 2.09. The Bertz CT molecular complexity index is 272. The zero-order valence-electron chi connectivity index (χ0n) is 6.00. The van der Waals surface area contributed by atoms with Gasteiger partial charge in [0.05, 0.1) is 6.20 Å². The number of carboxylic acids is 1. The maximum absolute atomic E-state index is 10.3. The predicted octanol–water partition coefficient (Wildman–Crippen LogP) is 1.41. The van der Waals surface area contributed by atoms with Crippen LogP contribution in [0.4, 0.5) is 0 Å². The monoisotopic (exact) mass is 153 g/mol. The van der Waals surface area contributed by atoms with E-state index in [1.807, 2.05) is 0 Å². The fraction of sp³-hybridized carbons (Fsp3) is 0.143. The standard InChI is InChI=1S/C7H7NO3/c1-4(2)6-8-3-5(11-6)7(9)10/h3H,1H2,2H3,(H,9,10). The molecule has 1 aromatic heterocycles. The lowest BCUT2D eigenvalue weighted by atomic mass is 10.4. The van der Waals surface area contributed by atoms with Crippen LogP contribution in [0, 0.1) is 0 Å². The van der Waals surface area contributed by atoms with Crippen molar-refractivity contribution in [3.63, 3.8) is 0 Å². The van der Waals surface area contributed by atoms with Crippen LogP contribution >= 0.6 is 0 Å². The summed E-state index contributed by atoms with van der Waals surface area (Å²) in [6, 6.07) is 0. The minimum absolute atomic E-state index is 0.164. The van der Waals surface area contributed by atoms with Gasteiger partial charge >= 0.3 is 5.97 Å². The molecule has 0 unspecified atom stereocenters. The summed E-state index contributed by atoms with van der Waals surface area (Å²) in [5, 5.41) is 8.42. The number of oxazole rings is 1. The lowest BCUT2D eigenvalue weighted by Crippen LogP contribution is -1.91. The average Bonchev–Trinajstić information content (AvgIpc) is 2.33. The van der Waals surface area contributed by atoms with Gasteiger partial charge in [0, 0.05) is 5.57 Å². The quantitative estimate of drug-likeness (QED) is 0.697. The van der Waals surface area contributed by atoms with Crippen molar-refractivity contribution in [3.8, 4) is 0 Å². The number of hydrogen-bond acceptors (Lipinski definition) is 3. The molecule has 1 rings (SSSR count). The van der Waals surface area contributed by atoms with Crippen LogP contribution in [-0.2, 0) is 0 Å². The van der Waals surface area contributed by atoms with Gasteiger partial charge < -0.3 is 9.52 Å². The molecule has 0 spiro atoms. The second kappa shape index (κ2) is 2.57. The van der Waals surface area contributed by atoms with Gasteiger partial charge in [0.2, 0.25) is 11.7 Å². The third-order valence-electron chi connectivity index (χ3n) is 1.08. The molecule has 4 heteroatoms. The number of hydrogen-bond donors (Lipinski definition) is 1. The molecule has 0 aliphatic carbocycles. The SMILES string of the molecule is C=C(C)c1ncc(C(=O)O)o1. The van der Waals surface area contributed by atoms with Crippen molar-refractivity contribution < 1.29 is 14.3 Å². The van der Waals surface area contributed by atoms with Crippen LogP contribution in [0.2, 0.25) is 0 Å². The first-order chi connectivity index (χ1) is 5.11. The lowest BCUT2D eigenvalue weighted by molar-refractivity contribution is 0.0662. The van der Waals surface area contributed by atoms with E-state index in [0.717, 1.165) is 6.20 Å². The minimum atomic E-state index is -1.12. The second-order valence-corrected chi connectivity index (χ2v) is 2.12. The van der Waals surface area contributed by atoms with E-state index >= 15 is 0 Å². The second-order valence-electron chi connectivity index (χ2n) is 2.12. The number of nitrogens with zero attached hydrogens (tertiary/aromatic N) is 1. The van der Waals surface area contributed by atoms with Crippen molar-refractivity contribution in [3.05, 3.63) is 24.4 Å². The smallest absolute Gasteiger partial charge is 0.373 e. The van der Waals surface area contributed by atoms with Crippen molar-refractivity contribution in [1.29, 1.82) is 0 Å². The largest absolute Gasteiger partial charge is 0.475 e. The first kappa shape index (κ1) is 7.53. The Morgan fingerprint density at radius 1 is 1.82 bits per heavy atom. The highest BCUT2D eigenvalue weighted by atomic mass is 16.4. The molecule has 1 aromatic rings. The molecule has 58 valence electrons. The first-order valence-corrected chi connectivity index (χ1v) is 2.96. The molecule has 0 bridgehead atoms. The van der Waals surface area contributed by atoms with Gasteiger partial charge in [-0.05, 0) is 6.92 Å². The molecule has 4 nitrogen and oxygen atoms in total. The highest BCUT2D eigenvalue weighted by Crippen LogP contribution is 2.10. The van der Waals surface area contributed by atoms with E-state index in [2.05, 4.69) is 11.6 Å². The van der Waals surface area contributed by atoms with Crippen molar-refractivity contribution in [1.82, 2.24) is 4.98 Å². The topological polar surface area (TPSA) is 63.3 Å². The average molecular weight is 153 g/mol. The van der Waals surface area contributed by atoms with Crippen LogP contribution in [0.1, 0.15) is 23.4 Å². The van der Waals surface area contributed by atoms with Crippen LogP contribution < -0.4 is 0 Å². The molecule has 0 amide bonds. The van der Waals surface area contributed by atoms with Crippen LogP contribution in [0.3, 0.4) is 0 Å². The molecule has 0 saturated carbocycles. The zero-order chi connectivity index (χ0) is 8.43. The molecule has 0 atom stereocenters. The van der Waals surface area contributed by atoms with Gasteiger partial charge in [0.1, 0.15) is 0 Å². The van der Waals surface area contributed by atoms with Crippen LogP contribution in [0.5, 0.6) is 0 Å². The third-order valence-corrected chi connectivity index (χ3v) is 1.08. The molecule has 1 N–H and O–H groups in total. The highest BCUT2D eigenvalue weighted by molar-refractivity contribution is 5.84. The summed E-state index contributed by atoms with van der Waals surface area (Å²) < 4.78 is 4.80. The summed E-state index contributed by atoms with van der Waals surface area (Å²) in [4.78, 5) is 14.0. The summed E-state index contributed by atoms with van der Waals surface area (Å²) in [7, 11) is 0. The molecule has 0 saturated heterocycles. The van der Waals surface area contributed by atoms with Gasteiger partial charge in [-0.15, -0.1) is 0 Å². The minimum Gasteiger partial charge on any atom is -0.475 e. The predicted molar refractivity (Wildman–Crippen MR) is 38.2 cm³/mol. The summed E-state index contributed by atoms with van der Waals surface area (Å²) in [6.07, 6.45) is 1.16. The first-order valence-electron chi connectivity index (χ1n) is 2.96. The Kier molecular flexibility index (Phi) is 1.76. The van der Waals surface area contributed by atoms with E-state index in [0.29, 0.717) is 5.57 Å². The van der Waals surface area contributed by atoms with Crippen LogP contribution in [0.15, 0.2) is 17.2 Å². The van der Waals surface area contributed by atoms with Gasteiger partial charge in [-0.1, -0.05) is 6.58 Å². The Hall–Kier alpha value is -1.58. The van der Waals surface area contributed by atoms with E-state index in [1.54, 1.807) is 6.92 Å². The fourth-order valence-corrected chi connectivity index (χ4v) is 0.570. The summed E-state index contributed by atoms with van der Waals surface area (Å²) in [6.45, 7) is 5.24. The van der Waals surface area contributed by atoms with Gasteiger partial charge in [0.25, 0.3) is 0 Å². The molecule has 11 heavy (non-hydrogen) atoms. The van der Waals surface area contributed by atoms with Gasteiger partial charge in [0.15, 0.2) is 0 Å². The Labute approximate surface area is 63.2 Å². The Balaban J connectivity index is 2.99. The van der Waals surface area contributed by atoms with E-state index in [1.165, 1.54) is 0 Å². The molecule has 0 fully saturated rings.